The van der Waals surface area contributed by atoms with Gasteiger partial charge in [-0.2, -0.15) is 0 Å². The van der Waals surface area contributed by atoms with Crippen LogP contribution in [0.5, 0.6) is 0 Å². The first-order valence-electron chi connectivity index (χ1n) is 6.73. The molecule has 0 N–H and O–H groups in total. The third-order valence-corrected chi connectivity index (χ3v) is 4.40. The van der Waals surface area contributed by atoms with Crippen LogP contribution in [-0.4, -0.2) is 20.8 Å². The molecule has 4 heteroatoms. The predicted octanol–water partition coefficient (Wildman–Crippen LogP) is 4.30. The largest absolute Gasteiger partial charge is 0.277 e. The van der Waals surface area contributed by atoms with Gasteiger partial charge >= 0.3 is 0 Å². The van der Waals surface area contributed by atoms with E-state index in [0.717, 1.165) is 5.52 Å². The van der Waals surface area contributed by atoms with Crippen molar-refractivity contribution in [2.24, 2.45) is 0 Å². The minimum absolute atomic E-state index is 0.713. The van der Waals surface area contributed by atoms with Gasteiger partial charge in [-0.15, -0.1) is 11.8 Å². The quantitative estimate of drug-likeness (QED) is 0.516. The fourth-order valence-electron chi connectivity index (χ4n) is 2.77. The van der Waals surface area contributed by atoms with Crippen molar-refractivity contribution in [3.05, 3.63) is 60.9 Å². The lowest BCUT2D eigenvalue weighted by molar-refractivity contribution is 0.981. The molecule has 4 aromatic rings. The molecule has 0 saturated carbocycles. The van der Waals surface area contributed by atoms with E-state index >= 15 is 0 Å². The molecule has 0 spiro atoms. The van der Waals surface area contributed by atoms with Crippen LogP contribution in [0.1, 0.15) is 0 Å². The molecule has 2 aromatic heterocycles. The SMILES string of the molecule is CSc1cccc2c3ccccc3n(-c3ncccn3)c12. The third-order valence-electron chi connectivity index (χ3n) is 3.63. The van der Waals surface area contributed by atoms with Gasteiger partial charge in [0.05, 0.1) is 11.0 Å². The van der Waals surface area contributed by atoms with Gasteiger partial charge in [-0.05, 0) is 24.5 Å². The van der Waals surface area contributed by atoms with Gasteiger partial charge < -0.3 is 0 Å². The minimum atomic E-state index is 0.713. The molecule has 0 radical (unpaired) electrons. The van der Waals surface area contributed by atoms with Crippen LogP contribution in [0.2, 0.25) is 0 Å². The maximum Gasteiger partial charge on any atom is 0.234 e. The topological polar surface area (TPSA) is 30.7 Å². The highest BCUT2D eigenvalue weighted by Gasteiger charge is 2.15. The molecule has 21 heavy (non-hydrogen) atoms. The minimum Gasteiger partial charge on any atom is -0.277 e. The fourth-order valence-corrected chi connectivity index (χ4v) is 3.38. The Morgan fingerprint density at radius 2 is 1.62 bits per heavy atom. The van der Waals surface area contributed by atoms with E-state index in [9.17, 15) is 0 Å². The van der Waals surface area contributed by atoms with Crippen molar-refractivity contribution in [1.29, 1.82) is 0 Å². The maximum absolute atomic E-state index is 4.44. The molecule has 0 aliphatic rings. The van der Waals surface area contributed by atoms with Crippen molar-refractivity contribution >= 4 is 33.6 Å². The number of thioether (sulfide) groups is 1. The van der Waals surface area contributed by atoms with E-state index in [0.29, 0.717) is 5.95 Å². The number of rotatable bonds is 2. The normalized spacial score (nSPS) is 11.3. The van der Waals surface area contributed by atoms with E-state index < -0.39 is 0 Å². The van der Waals surface area contributed by atoms with Gasteiger partial charge in [-0.1, -0.05) is 30.3 Å². The van der Waals surface area contributed by atoms with E-state index in [1.54, 1.807) is 24.2 Å². The summed E-state index contributed by atoms with van der Waals surface area (Å²) >= 11 is 1.75. The zero-order valence-corrected chi connectivity index (χ0v) is 12.3. The predicted molar refractivity (Wildman–Crippen MR) is 88.2 cm³/mol. The van der Waals surface area contributed by atoms with Crippen molar-refractivity contribution in [1.82, 2.24) is 14.5 Å². The van der Waals surface area contributed by atoms with Crippen molar-refractivity contribution in [3.8, 4) is 5.95 Å². The van der Waals surface area contributed by atoms with Crippen LogP contribution in [0.15, 0.2) is 65.8 Å². The van der Waals surface area contributed by atoms with Crippen LogP contribution in [0, 0.1) is 0 Å². The Bertz CT molecular complexity index is 929. The lowest BCUT2D eigenvalue weighted by atomic mass is 10.1. The van der Waals surface area contributed by atoms with Gasteiger partial charge in [0, 0.05) is 28.1 Å². The molecule has 0 fully saturated rings. The van der Waals surface area contributed by atoms with Crippen LogP contribution in [-0.2, 0) is 0 Å². The highest BCUT2D eigenvalue weighted by Crippen LogP contribution is 2.35. The van der Waals surface area contributed by atoms with Gasteiger partial charge in [0.15, 0.2) is 0 Å². The first-order chi connectivity index (χ1) is 10.4. The van der Waals surface area contributed by atoms with Crippen molar-refractivity contribution < 1.29 is 0 Å². The second-order valence-electron chi connectivity index (χ2n) is 4.76. The van der Waals surface area contributed by atoms with E-state index in [1.165, 1.54) is 21.2 Å². The molecule has 0 aliphatic heterocycles. The number of fused-ring (bicyclic) bond motifs is 3. The highest BCUT2D eigenvalue weighted by atomic mass is 32.2. The molecule has 0 saturated heterocycles. The molecular formula is C17H13N3S. The Labute approximate surface area is 126 Å². The zero-order chi connectivity index (χ0) is 14.2. The summed E-state index contributed by atoms with van der Waals surface area (Å²) in [6, 6.07) is 16.7. The van der Waals surface area contributed by atoms with Gasteiger partial charge in [0.1, 0.15) is 0 Å². The van der Waals surface area contributed by atoms with E-state index in [1.807, 2.05) is 6.07 Å². The highest BCUT2D eigenvalue weighted by molar-refractivity contribution is 7.98. The summed E-state index contributed by atoms with van der Waals surface area (Å²) < 4.78 is 2.15. The Kier molecular flexibility index (Phi) is 2.89. The van der Waals surface area contributed by atoms with Crippen LogP contribution < -0.4 is 0 Å². The Balaban J connectivity index is 2.25. The van der Waals surface area contributed by atoms with Gasteiger partial charge in [-0.25, -0.2) is 9.97 Å². The molecule has 0 aliphatic carbocycles. The van der Waals surface area contributed by atoms with E-state index in [4.69, 9.17) is 0 Å². The Morgan fingerprint density at radius 1 is 0.857 bits per heavy atom. The smallest absolute Gasteiger partial charge is 0.234 e. The third kappa shape index (κ3) is 1.83. The van der Waals surface area contributed by atoms with Crippen LogP contribution >= 0.6 is 11.8 Å². The molecule has 2 aromatic carbocycles. The summed E-state index contributed by atoms with van der Waals surface area (Å²) in [5.74, 6) is 0.713. The fraction of sp³-hybridized carbons (Fsp3) is 0.0588. The summed E-state index contributed by atoms with van der Waals surface area (Å²) in [7, 11) is 0. The number of hydrogen-bond acceptors (Lipinski definition) is 3. The van der Waals surface area contributed by atoms with Crippen LogP contribution in [0.3, 0.4) is 0 Å². The molecular weight excluding hydrogens is 278 g/mol. The average Bonchev–Trinajstić information content (AvgIpc) is 2.90. The van der Waals surface area contributed by atoms with Gasteiger partial charge in [0.2, 0.25) is 5.95 Å². The lowest BCUT2D eigenvalue weighted by Crippen LogP contribution is -2.00. The van der Waals surface area contributed by atoms with Crippen molar-refractivity contribution in [2.75, 3.05) is 6.26 Å². The van der Waals surface area contributed by atoms with E-state index in [-0.39, 0.29) is 0 Å². The Morgan fingerprint density at radius 3 is 2.43 bits per heavy atom. The number of para-hydroxylation sites is 2. The second kappa shape index (κ2) is 4.90. The zero-order valence-electron chi connectivity index (χ0n) is 11.5. The molecule has 2 heterocycles. The van der Waals surface area contributed by atoms with Gasteiger partial charge in [-0.3, -0.25) is 4.57 Å². The lowest BCUT2D eigenvalue weighted by Gasteiger charge is -2.07. The maximum atomic E-state index is 4.44. The summed E-state index contributed by atoms with van der Waals surface area (Å²) in [5.41, 5.74) is 2.32. The summed E-state index contributed by atoms with van der Waals surface area (Å²) in [4.78, 5) is 10.1. The molecule has 3 nitrogen and oxygen atoms in total. The second-order valence-corrected chi connectivity index (χ2v) is 5.61. The Hall–Kier alpha value is -2.33. The molecule has 0 atom stereocenters. The molecule has 0 unspecified atom stereocenters. The summed E-state index contributed by atoms with van der Waals surface area (Å²) in [6.07, 6.45) is 5.66. The molecule has 0 bridgehead atoms. The number of aromatic nitrogens is 3. The monoisotopic (exact) mass is 291 g/mol. The number of hydrogen-bond donors (Lipinski definition) is 0. The number of benzene rings is 2. The van der Waals surface area contributed by atoms with Crippen molar-refractivity contribution in [2.45, 2.75) is 4.90 Å². The summed E-state index contributed by atoms with van der Waals surface area (Å²) in [5, 5.41) is 2.47. The summed E-state index contributed by atoms with van der Waals surface area (Å²) in [6.45, 7) is 0. The van der Waals surface area contributed by atoms with E-state index in [2.05, 4.69) is 63.3 Å². The molecule has 0 amide bonds. The van der Waals surface area contributed by atoms with Gasteiger partial charge in [0.25, 0.3) is 0 Å². The number of nitrogens with zero attached hydrogens (tertiary/aromatic N) is 3. The molecule has 102 valence electrons. The standard InChI is InChI=1S/C17H13N3S/c1-21-15-9-4-7-13-12-6-2-3-8-14(12)20(16(13)15)17-18-10-5-11-19-17/h2-11H,1H3. The average molecular weight is 291 g/mol. The first kappa shape index (κ1) is 12.4. The van der Waals surface area contributed by atoms with Crippen LogP contribution in [0.4, 0.5) is 0 Å². The van der Waals surface area contributed by atoms with Crippen LogP contribution in [0.25, 0.3) is 27.8 Å². The van der Waals surface area contributed by atoms with Crippen molar-refractivity contribution in [3.63, 3.8) is 0 Å². The first-order valence-corrected chi connectivity index (χ1v) is 7.96. The molecule has 4 rings (SSSR count).